The van der Waals surface area contributed by atoms with E-state index < -0.39 is 0 Å². The Hall–Kier alpha value is 0.297. The first-order chi connectivity index (χ1) is 5.93. The van der Waals surface area contributed by atoms with Crippen molar-refractivity contribution in [1.82, 2.24) is 4.90 Å². The van der Waals surface area contributed by atoms with Crippen molar-refractivity contribution < 1.29 is 0 Å². The molecule has 2 heteroatoms. The van der Waals surface area contributed by atoms with E-state index in [1.54, 1.807) is 0 Å². The van der Waals surface area contributed by atoms with Crippen molar-refractivity contribution in [3.8, 4) is 0 Å². The van der Waals surface area contributed by atoms with Crippen LogP contribution in [0.1, 0.15) is 25.7 Å². The van der Waals surface area contributed by atoms with Crippen LogP contribution < -0.4 is 0 Å². The van der Waals surface area contributed by atoms with Gasteiger partial charge in [-0.25, -0.2) is 0 Å². The van der Waals surface area contributed by atoms with Gasteiger partial charge in [0.1, 0.15) is 0 Å². The van der Waals surface area contributed by atoms with E-state index >= 15 is 0 Å². The summed E-state index contributed by atoms with van der Waals surface area (Å²) in [6, 6.07) is 0. The summed E-state index contributed by atoms with van der Waals surface area (Å²) in [7, 11) is 0. The molecule has 1 aliphatic rings. The van der Waals surface area contributed by atoms with Crippen LogP contribution in [0.15, 0.2) is 12.2 Å². The fourth-order valence-corrected chi connectivity index (χ4v) is 1.71. The molecule has 0 aromatic heterocycles. The third-order valence-electron chi connectivity index (χ3n) is 2.46. The molecular weight excluding hydrogens is 141 g/mol. The van der Waals surface area contributed by atoms with E-state index in [9.17, 15) is 0 Å². The normalized spacial score (nSPS) is 21.5. The fourth-order valence-electron chi connectivity index (χ4n) is 1.71. The molecule has 0 saturated carbocycles. The van der Waals surface area contributed by atoms with Crippen LogP contribution >= 0.6 is 0 Å². The van der Waals surface area contributed by atoms with Gasteiger partial charge in [-0.1, -0.05) is 0 Å². The van der Waals surface area contributed by atoms with Crippen LogP contribution in [0, 0.1) is 0 Å². The van der Waals surface area contributed by atoms with Crippen molar-refractivity contribution >= 4 is 17.7 Å². The molecule has 12 heavy (non-hydrogen) atoms. The summed E-state index contributed by atoms with van der Waals surface area (Å²) in [4.78, 5) is 2.57. The van der Waals surface area contributed by atoms with Gasteiger partial charge in [0.25, 0.3) is 0 Å². The Balaban J connectivity index is 2.16. The van der Waals surface area contributed by atoms with E-state index in [2.05, 4.69) is 34.8 Å². The summed E-state index contributed by atoms with van der Waals surface area (Å²) in [6.45, 7) is 3.80. The topological polar surface area (TPSA) is 3.24 Å². The molecule has 64 valence electrons. The first kappa shape index (κ1) is 10.4. The summed E-state index contributed by atoms with van der Waals surface area (Å²) in [5.74, 6) is 0. The zero-order valence-corrected chi connectivity index (χ0v) is 8.26. The van der Waals surface area contributed by atoms with E-state index in [4.69, 9.17) is 0 Å². The molecule has 1 heterocycles. The summed E-state index contributed by atoms with van der Waals surface area (Å²) in [6.07, 6.45) is 10.3. The Kier molecular flexibility index (Phi) is 5.86. The zero-order valence-electron chi connectivity index (χ0n) is 8.26. The number of allylic oxidation sites excluding steroid dienone is 1. The molecule has 0 aromatic rings. The number of rotatable bonds is 3. The molecule has 0 aromatic carbocycles. The van der Waals surface area contributed by atoms with Crippen LogP contribution in [-0.4, -0.2) is 42.2 Å². The molecule has 1 nitrogen and oxygen atoms in total. The van der Waals surface area contributed by atoms with Gasteiger partial charge in [0.2, 0.25) is 0 Å². The SMILES string of the molecule is [Li][CH2]C=CCN1CCCCCC1. The summed E-state index contributed by atoms with van der Waals surface area (Å²) < 4.78 is 0. The molecule has 0 unspecified atom stereocenters. The fraction of sp³-hybridized carbons (Fsp3) is 0.800. The van der Waals surface area contributed by atoms with Crippen LogP contribution in [0.3, 0.4) is 0 Å². The van der Waals surface area contributed by atoms with Gasteiger partial charge in [-0.2, -0.15) is 0 Å². The van der Waals surface area contributed by atoms with E-state index in [0.717, 1.165) is 0 Å². The maximum atomic E-state index is 2.57. The number of hydrogen-bond donors (Lipinski definition) is 0. The van der Waals surface area contributed by atoms with Gasteiger partial charge in [0.15, 0.2) is 0 Å². The van der Waals surface area contributed by atoms with E-state index in [-0.39, 0.29) is 0 Å². The van der Waals surface area contributed by atoms with Crippen LogP contribution in [-0.2, 0) is 0 Å². The van der Waals surface area contributed by atoms with Crippen LogP contribution in [0.4, 0.5) is 0 Å². The molecule has 0 atom stereocenters. The van der Waals surface area contributed by atoms with Crippen molar-refractivity contribution in [1.29, 1.82) is 0 Å². The van der Waals surface area contributed by atoms with Gasteiger partial charge in [0, 0.05) is 0 Å². The average Bonchev–Trinajstić information content (AvgIpc) is 2.33. The van der Waals surface area contributed by atoms with Crippen molar-refractivity contribution in [2.45, 2.75) is 30.8 Å². The molecule has 0 spiro atoms. The molecule has 1 saturated heterocycles. The van der Waals surface area contributed by atoms with Crippen LogP contribution in [0.5, 0.6) is 0 Å². The van der Waals surface area contributed by atoms with Gasteiger partial charge in [-0.05, 0) is 0 Å². The Morgan fingerprint density at radius 2 is 1.67 bits per heavy atom. The molecule has 0 N–H and O–H groups in total. The minimum atomic E-state index is 1.17. The number of nitrogens with zero attached hydrogens (tertiary/aromatic N) is 1. The molecule has 1 aliphatic heterocycles. The zero-order chi connectivity index (χ0) is 8.65. The number of hydrogen-bond acceptors (Lipinski definition) is 1. The minimum absolute atomic E-state index is 1.17. The van der Waals surface area contributed by atoms with Gasteiger partial charge in [0.05, 0.1) is 0 Å². The van der Waals surface area contributed by atoms with Crippen LogP contribution in [0.2, 0.25) is 5.09 Å². The Morgan fingerprint density at radius 3 is 2.25 bits per heavy atom. The summed E-state index contributed by atoms with van der Waals surface area (Å²) in [5.41, 5.74) is 0. The first-order valence-corrected chi connectivity index (χ1v) is 5.31. The molecular formula is C10H18LiN. The summed E-state index contributed by atoms with van der Waals surface area (Å²) in [5, 5.41) is 1.17. The molecule has 1 fully saturated rings. The van der Waals surface area contributed by atoms with Gasteiger partial charge in [-0.15, -0.1) is 0 Å². The van der Waals surface area contributed by atoms with Crippen molar-refractivity contribution in [3.63, 3.8) is 0 Å². The van der Waals surface area contributed by atoms with Crippen molar-refractivity contribution in [3.05, 3.63) is 12.2 Å². The predicted octanol–water partition coefficient (Wildman–Crippen LogP) is 2.01. The van der Waals surface area contributed by atoms with Gasteiger partial charge in [-0.3, -0.25) is 0 Å². The van der Waals surface area contributed by atoms with E-state index in [0.29, 0.717) is 0 Å². The Bertz CT molecular complexity index is 126. The second-order valence-corrected chi connectivity index (χ2v) is 3.59. The maximum absolute atomic E-state index is 2.57. The third kappa shape index (κ3) is 4.35. The third-order valence-corrected chi connectivity index (χ3v) is 2.46. The van der Waals surface area contributed by atoms with Gasteiger partial charge < -0.3 is 0 Å². The Morgan fingerprint density at radius 1 is 1.00 bits per heavy atom. The standard InChI is InChI=1S/C10H18N.Li/c1-2-3-8-11-9-6-4-5-7-10-11;/h2-3H,1,4-10H2;. The second kappa shape index (κ2) is 6.77. The molecule has 1 rings (SSSR count). The average molecular weight is 159 g/mol. The van der Waals surface area contributed by atoms with E-state index in [1.807, 2.05) is 0 Å². The summed E-state index contributed by atoms with van der Waals surface area (Å²) >= 11 is 2.19. The van der Waals surface area contributed by atoms with Crippen LogP contribution in [0.25, 0.3) is 0 Å². The number of likely N-dealkylation sites (tertiary alicyclic amines) is 1. The molecule has 0 bridgehead atoms. The Labute approximate surface area is 85.4 Å². The second-order valence-electron chi connectivity index (χ2n) is 3.59. The monoisotopic (exact) mass is 159 g/mol. The van der Waals surface area contributed by atoms with E-state index in [1.165, 1.54) is 50.4 Å². The van der Waals surface area contributed by atoms with Gasteiger partial charge >= 0.3 is 85.2 Å². The first-order valence-electron chi connectivity index (χ1n) is 5.31. The quantitative estimate of drug-likeness (QED) is 0.449. The van der Waals surface area contributed by atoms with Crippen molar-refractivity contribution in [2.24, 2.45) is 0 Å². The predicted molar refractivity (Wildman–Crippen MR) is 54.6 cm³/mol. The molecule has 0 aliphatic carbocycles. The molecule has 0 amide bonds. The molecule has 0 radical (unpaired) electrons. The van der Waals surface area contributed by atoms with Crippen molar-refractivity contribution in [2.75, 3.05) is 19.6 Å².